The molecule has 0 saturated heterocycles. The summed E-state index contributed by atoms with van der Waals surface area (Å²) in [7, 11) is 1.82. The first kappa shape index (κ1) is 12.8. The minimum Gasteiger partial charge on any atom is -0.397 e. The first-order valence-electron chi connectivity index (χ1n) is 5.71. The molecule has 2 aromatic rings. The molecule has 19 heavy (non-hydrogen) atoms. The van der Waals surface area contributed by atoms with Crippen molar-refractivity contribution < 1.29 is 4.39 Å². The molecular formula is C14H13FN4. The molecule has 1 heterocycles. The Morgan fingerprint density at radius 1 is 1.37 bits per heavy atom. The highest BCUT2D eigenvalue weighted by Crippen LogP contribution is 2.19. The largest absolute Gasteiger partial charge is 0.397 e. The molecule has 0 unspecified atom stereocenters. The van der Waals surface area contributed by atoms with Crippen LogP contribution in [0.1, 0.15) is 11.1 Å². The molecule has 5 heteroatoms. The van der Waals surface area contributed by atoms with Gasteiger partial charge in [0.1, 0.15) is 17.7 Å². The molecule has 0 aliphatic carbocycles. The van der Waals surface area contributed by atoms with Crippen molar-refractivity contribution in [1.82, 2.24) is 4.98 Å². The second-order valence-corrected chi connectivity index (χ2v) is 4.23. The lowest BCUT2D eigenvalue weighted by Crippen LogP contribution is -2.19. The first-order chi connectivity index (χ1) is 9.10. The molecule has 0 aliphatic heterocycles. The number of anilines is 2. The Kier molecular flexibility index (Phi) is 3.62. The fraction of sp³-hybridized carbons (Fsp3) is 0.143. The molecule has 4 nitrogen and oxygen atoms in total. The van der Waals surface area contributed by atoms with Crippen LogP contribution >= 0.6 is 0 Å². The van der Waals surface area contributed by atoms with E-state index >= 15 is 0 Å². The van der Waals surface area contributed by atoms with Crippen LogP contribution in [0.25, 0.3) is 0 Å². The summed E-state index contributed by atoms with van der Waals surface area (Å²) in [6, 6.07) is 9.88. The van der Waals surface area contributed by atoms with Crippen LogP contribution in [0.5, 0.6) is 0 Å². The van der Waals surface area contributed by atoms with Crippen LogP contribution in [0.3, 0.4) is 0 Å². The van der Waals surface area contributed by atoms with Gasteiger partial charge in [-0.2, -0.15) is 5.26 Å². The Balaban J connectivity index is 2.23. The third kappa shape index (κ3) is 2.99. The number of nitrogen functional groups attached to an aromatic ring is 1. The molecule has 0 atom stereocenters. The van der Waals surface area contributed by atoms with Crippen molar-refractivity contribution in [3.63, 3.8) is 0 Å². The normalized spacial score (nSPS) is 9.95. The summed E-state index contributed by atoms with van der Waals surface area (Å²) in [5.41, 5.74) is 7.41. The topological polar surface area (TPSA) is 65.9 Å². The summed E-state index contributed by atoms with van der Waals surface area (Å²) in [6.45, 7) is 0.534. The zero-order valence-corrected chi connectivity index (χ0v) is 10.5. The number of aromatic nitrogens is 1. The lowest BCUT2D eigenvalue weighted by Gasteiger charge is -2.19. The van der Waals surface area contributed by atoms with Crippen molar-refractivity contribution >= 4 is 11.5 Å². The van der Waals surface area contributed by atoms with Crippen molar-refractivity contribution in [3.05, 3.63) is 53.5 Å². The minimum absolute atomic E-state index is 0.269. The molecule has 0 amide bonds. The Morgan fingerprint density at radius 3 is 2.68 bits per heavy atom. The molecule has 0 saturated carbocycles. The average Bonchev–Trinajstić information content (AvgIpc) is 2.41. The van der Waals surface area contributed by atoms with E-state index in [0.29, 0.717) is 23.6 Å². The Morgan fingerprint density at radius 2 is 2.05 bits per heavy atom. The predicted octanol–water partition coefficient (Wildman–Crippen LogP) is 2.31. The molecule has 0 radical (unpaired) electrons. The van der Waals surface area contributed by atoms with E-state index in [2.05, 4.69) is 11.1 Å². The van der Waals surface area contributed by atoms with Crippen molar-refractivity contribution in [1.29, 1.82) is 5.26 Å². The zero-order chi connectivity index (χ0) is 13.8. The van der Waals surface area contributed by atoms with Gasteiger partial charge in [-0.15, -0.1) is 0 Å². The van der Waals surface area contributed by atoms with E-state index in [1.54, 1.807) is 18.2 Å². The highest BCUT2D eigenvalue weighted by molar-refractivity contribution is 5.58. The van der Waals surface area contributed by atoms with Crippen LogP contribution in [0.15, 0.2) is 36.5 Å². The summed E-state index contributed by atoms with van der Waals surface area (Å²) in [4.78, 5) is 5.99. The van der Waals surface area contributed by atoms with Gasteiger partial charge in [0, 0.05) is 13.6 Å². The summed E-state index contributed by atoms with van der Waals surface area (Å²) in [5, 5.41) is 9.07. The number of halogens is 1. The molecule has 1 aromatic heterocycles. The molecule has 1 aromatic carbocycles. The number of pyridine rings is 1. The van der Waals surface area contributed by atoms with Gasteiger partial charge in [0.2, 0.25) is 0 Å². The minimum atomic E-state index is -0.269. The Hall–Kier alpha value is -2.61. The first-order valence-corrected chi connectivity index (χ1v) is 5.71. The van der Waals surface area contributed by atoms with Crippen LogP contribution in [-0.2, 0) is 6.54 Å². The third-order valence-corrected chi connectivity index (χ3v) is 2.70. The number of rotatable bonds is 3. The maximum absolute atomic E-state index is 12.8. The van der Waals surface area contributed by atoms with Gasteiger partial charge in [0.25, 0.3) is 0 Å². The van der Waals surface area contributed by atoms with E-state index in [1.165, 1.54) is 18.3 Å². The van der Waals surface area contributed by atoms with E-state index in [9.17, 15) is 4.39 Å². The second kappa shape index (κ2) is 5.36. The molecule has 0 fully saturated rings. The fourth-order valence-electron chi connectivity index (χ4n) is 1.80. The molecular weight excluding hydrogens is 243 g/mol. The second-order valence-electron chi connectivity index (χ2n) is 4.23. The molecule has 0 bridgehead atoms. The predicted molar refractivity (Wildman–Crippen MR) is 71.9 cm³/mol. The van der Waals surface area contributed by atoms with Gasteiger partial charge in [-0.3, -0.25) is 0 Å². The number of nitrogens with zero attached hydrogens (tertiary/aromatic N) is 3. The SMILES string of the molecule is CN(Cc1ccc(F)cc1)c1ncc(N)cc1C#N. The van der Waals surface area contributed by atoms with E-state index in [-0.39, 0.29) is 5.82 Å². The van der Waals surface area contributed by atoms with Gasteiger partial charge in [0.15, 0.2) is 0 Å². The van der Waals surface area contributed by atoms with Gasteiger partial charge in [-0.25, -0.2) is 9.37 Å². The number of nitrogens with two attached hydrogens (primary N) is 1. The van der Waals surface area contributed by atoms with Crippen LogP contribution < -0.4 is 10.6 Å². The van der Waals surface area contributed by atoms with Gasteiger partial charge < -0.3 is 10.6 Å². The quantitative estimate of drug-likeness (QED) is 0.915. The van der Waals surface area contributed by atoms with Crippen LogP contribution in [0, 0.1) is 17.1 Å². The third-order valence-electron chi connectivity index (χ3n) is 2.70. The van der Waals surface area contributed by atoms with Crippen LogP contribution in [0.2, 0.25) is 0 Å². The standard InChI is InChI=1S/C14H13FN4/c1-19(9-10-2-4-12(15)5-3-10)14-11(7-16)6-13(17)8-18-14/h2-6,8H,9,17H2,1H3. The lowest BCUT2D eigenvalue weighted by molar-refractivity contribution is 0.627. The van der Waals surface area contributed by atoms with Gasteiger partial charge >= 0.3 is 0 Å². The maximum atomic E-state index is 12.8. The number of benzene rings is 1. The summed E-state index contributed by atoms with van der Waals surface area (Å²) >= 11 is 0. The zero-order valence-electron chi connectivity index (χ0n) is 10.5. The van der Waals surface area contributed by atoms with Crippen molar-refractivity contribution in [2.45, 2.75) is 6.54 Å². The molecule has 0 spiro atoms. The van der Waals surface area contributed by atoms with Crippen molar-refractivity contribution in [2.24, 2.45) is 0 Å². The lowest BCUT2D eigenvalue weighted by atomic mass is 10.2. The Labute approximate surface area is 110 Å². The fourth-order valence-corrected chi connectivity index (χ4v) is 1.80. The Bertz CT molecular complexity index is 616. The van der Waals surface area contributed by atoms with Gasteiger partial charge in [-0.1, -0.05) is 12.1 Å². The number of hydrogen-bond donors (Lipinski definition) is 1. The van der Waals surface area contributed by atoms with Crippen molar-refractivity contribution in [3.8, 4) is 6.07 Å². The summed E-state index contributed by atoms with van der Waals surface area (Å²) in [6.07, 6.45) is 1.51. The smallest absolute Gasteiger partial charge is 0.146 e. The molecule has 2 N–H and O–H groups in total. The monoisotopic (exact) mass is 256 g/mol. The maximum Gasteiger partial charge on any atom is 0.146 e. The highest BCUT2D eigenvalue weighted by Gasteiger charge is 2.10. The van der Waals surface area contributed by atoms with Gasteiger partial charge in [0.05, 0.1) is 17.4 Å². The number of hydrogen-bond acceptors (Lipinski definition) is 4. The summed E-state index contributed by atoms with van der Waals surface area (Å²) < 4.78 is 12.8. The van der Waals surface area contributed by atoms with E-state index in [4.69, 9.17) is 11.0 Å². The molecule has 0 aliphatic rings. The van der Waals surface area contributed by atoms with Gasteiger partial charge in [-0.05, 0) is 23.8 Å². The van der Waals surface area contributed by atoms with Crippen LogP contribution in [-0.4, -0.2) is 12.0 Å². The van der Waals surface area contributed by atoms with E-state index < -0.39 is 0 Å². The molecule has 2 rings (SSSR count). The van der Waals surface area contributed by atoms with E-state index in [0.717, 1.165) is 5.56 Å². The summed E-state index contributed by atoms with van der Waals surface area (Å²) in [5.74, 6) is 0.288. The van der Waals surface area contributed by atoms with Crippen molar-refractivity contribution in [2.75, 3.05) is 17.7 Å². The number of nitriles is 1. The van der Waals surface area contributed by atoms with Crippen LogP contribution in [0.4, 0.5) is 15.9 Å². The van der Waals surface area contributed by atoms with E-state index in [1.807, 2.05) is 11.9 Å². The highest BCUT2D eigenvalue weighted by atomic mass is 19.1. The molecule has 96 valence electrons. The average molecular weight is 256 g/mol.